The summed E-state index contributed by atoms with van der Waals surface area (Å²) in [6, 6.07) is 91.2. The van der Waals surface area contributed by atoms with Crippen LogP contribution in [0.25, 0.3) is 45.6 Å². The molecule has 68 heavy (non-hydrogen) atoms. The summed E-state index contributed by atoms with van der Waals surface area (Å²) in [5.74, 6) is 0. The highest BCUT2D eigenvalue weighted by molar-refractivity contribution is 5.93. The zero-order valence-electron chi connectivity index (χ0n) is 37.5. The third-order valence-electron chi connectivity index (χ3n) is 13.4. The van der Waals surface area contributed by atoms with Crippen LogP contribution in [0.15, 0.2) is 267 Å². The molecule has 0 aromatic heterocycles. The van der Waals surface area contributed by atoms with Gasteiger partial charge < -0.3 is 10.2 Å². The van der Waals surface area contributed by atoms with Gasteiger partial charge in [0.1, 0.15) is 11.2 Å². The van der Waals surface area contributed by atoms with Crippen molar-refractivity contribution in [1.29, 1.82) is 0 Å². The molecular formula is C66H48O2. The summed E-state index contributed by atoms with van der Waals surface area (Å²) >= 11 is 0. The molecule has 324 valence electrons. The number of benzene rings is 10. The molecule has 0 saturated carbocycles. The van der Waals surface area contributed by atoms with Gasteiger partial charge >= 0.3 is 0 Å². The highest BCUT2D eigenvalue weighted by Gasteiger charge is 2.50. The molecule has 0 radical (unpaired) electrons. The second kappa shape index (κ2) is 18.1. The maximum atomic E-state index is 13.3. The Morgan fingerprint density at radius 1 is 0.265 bits per heavy atom. The van der Waals surface area contributed by atoms with Crippen LogP contribution in [0.3, 0.4) is 0 Å². The van der Waals surface area contributed by atoms with Crippen molar-refractivity contribution in [2.24, 2.45) is 0 Å². The van der Waals surface area contributed by atoms with E-state index in [1.54, 1.807) is 0 Å². The Morgan fingerprint density at radius 2 is 0.544 bits per heavy atom. The minimum absolute atomic E-state index is 0.645. The van der Waals surface area contributed by atoms with Crippen molar-refractivity contribution >= 4 is 23.3 Å². The second-order valence-electron chi connectivity index (χ2n) is 17.5. The first kappa shape index (κ1) is 42.2. The van der Waals surface area contributed by atoms with Gasteiger partial charge in [-0.3, -0.25) is 0 Å². The van der Waals surface area contributed by atoms with Crippen LogP contribution in [0.4, 0.5) is 0 Å². The largest absolute Gasteiger partial charge is 0.376 e. The summed E-state index contributed by atoms with van der Waals surface area (Å²) in [6.45, 7) is 0. The Bertz CT molecular complexity index is 3060. The molecule has 2 heteroatoms. The normalized spacial score (nSPS) is 15.9. The molecule has 0 atom stereocenters. The van der Waals surface area contributed by atoms with Crippen LogP contribution in [-0.4, -0.2) is 10.2 Å². The summed E-state index contributed by atoms with van der Waals surface area (Å²) in [4.78, 5) is 0. The Hall–Kier alpha value is -8.40. The minimum atomic E-state index is -1.53. The van der Waals surface area contributed by atoms with Gasteiger partial charge in [-0.15, -0.1) is 0 Å². The third-order valence-corrected chi connectivity index (χ3v) is 13.4. The quantitative estimate of drug-likeness (QED) is 0.134. The zero-order chi connectivity index (χ0) is 45.9. The van der Waals surface area contributed by atoms with Gasteiger partial charge in [0.05, 0.1) is 0 Å². The Kier molecular flexibility index (Phi) is 11.3. The fraction of sp³-hybridized carbons (Fsp3) is 0.0303. The van der Waals surface area contributed by atoms with Crippen LogP contribution in [0.1, 0.15) is 66.8 Å². The Balaban J connectivity index is 0.922. The summed E-state index contributed by atoms with van der Waals surface area (Å²) in [5.41, 5.74) is 14.3. The summed E-state index contributed by atoms with van der Waals surface area (Å²) in [7, 11) is 0. The van der Waals surface area contributed by atoms with E-state index in [0.29, 0.717) is 22.3 Å². The zero-order valence-corrected chi connectivity index (χ0v) is 37.5. The maximum absolute atomic E-state index is 13.3. The van der Waals surface area contributed by atoms with E-state index in [1.807, 2.05) is 97.1 Å². The van der Waals surface area contributed by atoms with E-state index in [-0.39, 0.29) is 0 Å². The molecule has 0 bridgehead atoms. The van der Waals surface area contributed by atoms with Crippen molar-refractivity contribution in [1.82, 2.24) is 0 Å². The van der Waals surface area contributed by atoms with Gasteiger partial charge in [0, 0.05) is 0 Å². The number of hydrogen-bond donors (Lipinski definition) is 2. The van der Waals surface area contributed by atoms with Crippen LogP contribution in [-0.2, 0) is 11.2 Å². The molecule has 2 nitrogen and oxygen atoms in total. The molecule has 0 saturated heterocycles. The predicted octanol–water partition coefficient (Wildman–Crippen LogP) is 15.1. The fourth-order valence-electron chi connectivity index (χ4n) is 10.0. The number of rotatable bonds is 10. The van der Waals surface area contributed by atoms with Crippen LogP contribution in [0.2, 0.25) is 0 Å². The first-order valence-electron chi connectivity index (χ1n) is 23.2. The van der Waals surface area contributed by atoms with Crippen LogP contribution in [0.5, 0.6) is 0 Å². The van der Waals surface area contributed by atoms with Crippen LogP contribution < -0.4 is 0 Å². The van der Waals surface area contributed by atoms with E-state index in [0.717, 1.165) is 77.9 Å². The van der Waals surface area contributed by atoms with Gasteiger partial charge in [-0.2, -0.15) is 0 Å². The molecule has 0 spiro atoms. The monoisotopic (exact) mass is 872 g/mol. The molecule has 0 fully saturated rings. The molecule has 0 heterocycles. The van der Waals surface area contributed by atoms with E-state index in [9.17, 15) is 10.2 Å². The van der Waals surface area contributed by atoms with Gasteiger partial charge in [-0.05, 0) is 124 Å². The van der Waals surface area contributed by atoms with Crippen molar-refractivity contribution < 1.29 is 10.2 Å². The fourth-order valence-corrected chi connectivity index (χ4v) is 10.0. The molecule has 0 unspecified atom stereocenters. The lowest BCUT2D eigenvalue weighted by Gasteiger charge is -2.45. The van der Waals surface area contributed by atoms with Gasteiger partial charge in [-0.1, -0.05) is 255 Å². The van der Waals surface area contributed by atoms with Crippen LogP contribution >= 0.6 is 0 Å². The van der Waals surface area contributed by atoms with E-state index in [4.69, 9.17) is 0 Å². The summed E-state index contributed by atoms with van der Waals surface area (Å²) in [5, 5.41) is 26.5. The van der Waals surface area contributed by atoms with Crippen LogP contribution in [0, 0.1) is 0 Å². The summed E-state index contributed by atoms with van der Waals surface area (Å²) < 4.78 is 0. The minimum Gasteiger partial charge on any atom is -0.376 e. The maximum Gasteiger partial charge on any atom is 0.141 e. The Labute approximate surface area is 398 Å². The molecular weight excluding hydrogens is 825 g/mol. The lowest BCUT2D eigenvalue weighted by Crippen LogP contribution is -2.44. The smallest absolute Gasteiger partial charge is 0.141 e. The topological polar surface area (TPSA) is 40.5 Å². The van der Waals surface area contributed by atoms with Gasteiger partial charge in [0.2, 0.25) is 0 Å². The average Bonchev–Trinajstić information content (AvgIpc) is 3.42. The Morgan fingerprint density at radius 3 is 0.838 bits per heavy atom. The van der Waals surface area contributed by atoms with Gasteiger partial charge in [-0.25, -0.2) is 0 Å². The standard InChI is InChI=1S/C66H48O2/c67-65(57-39-35-49(36-40-57)55-29-17-19-47(43-55)45-59(51-21-5-1-6-22-51)52-23-7-2-8-24-52)61-31-13-15-33-63(61)66(68,64-34-16-14-32-62(64)65)58-41-37-50(38-42-58)56-30-18-20-48(44-56)46-60(53-25-9-3-10-26-53)54-27-11-4-12-28-54/h1-46,67-68H. The number of fused-ring (bicyclic) bond motifs is 2. The van der Waals surface area contributed by atoms with Crippen molar-refractivity contribution in [3.8, 4) is 22.3 Å². The molecule has 0 aliphatic heterocycles. The van der Waals surface area contributed by atoms with E-state index in [2.05, 4.69) is 182 Å². The molecule has 2 N–H and O–H groups in total. The third kappa shape index (κ3) is 7.82. The van der Waals surface area contributed by atoms with E-state index in [1.165, 1.54) is 0 Å². The molecule has 0 amide bonds. The molecule has 1 aliphatic rings. The summed E-state index contributed by atoms with van der Waals surface area (Å²) in [6.07, 6.45) is 4.50. The first-order chi connectivity index (χ1) is 33.5. The lowest BCUT2D eigenvalue weighted by molar-refractivity contribution is 0.0748. The van der Waals surface area contributed by atoms with Crippen molar-refractivity contribution in [2.75, 3.05) is 0 Å². The highest BCUT2D eigenvalue weighted by atomic mass is 16.3. The molecule has 11 rings (SSSR count). The van der Waals surface area contributed by atoms with Crippen molar-refractivity contribution in [3.05, 3.63) is 334 Å². The van der Waals surface area contributed by atoms with E-state index >= 15 is 0 Å². The average molecular weight is 873 g/mol. The molecule has 10 aromatic carbocycles. The number of aliphatic hydroxyl groups is 2. The number of hydrogen-bond acceptors (Lipinski definition) is 2. The molecule has 10 aromatic rings. The predicted molar refractivity (Wildman–Crippen MR) is 281 cm³/mol. The first-order valence-corrected chi connectivity index (χ1v) is 23.2. The second-order valence-corrected chi connectivity index (χ2v) is 17.5. The SMILES string of the molecule is OC1(c2ccc(-c3cccc(C=C(c4ccccc4)c4ccccc4)c3)cc2)c2ccccc2C(O)(c2ccc(-c3cccc(C=C(c4ccccc4)c4ccccc4)c3)cc2)c2ccccc21. The highest BCUT2D eigenvalue weighted by Crippen LogP contribution is 2.53. The van der Waals surface area contributed by atoms with Crippen molar-refractivity contribution in [3.63, 3.8) is 0 Å². The van der Waals surface area contributed by atoms with E-state index < -0.39 is 11.2 Å². The van der Waals surface area contributed by atoms with Gasteiger partial charge in [0.15, 0.2) is 0 Å². The van der Waals surface area contributed by atoms with Crippen molar-refractivity contribution in [2.45, 2.75) is 11.2 Å². The molecule has 1 aliphatic carbocycles. The lowest BCUT2D eigenvalue weighted by atomic mass is 9.63. The van der Waals surface area contributed by atoms with Gasteiger partial charge in [0.25, 0.3) is 0 Å².